The van der Waals surface area contributed by atoms with Crippen LogP contribution in [-0.4, -0.2) is 26.0 Å². The van der Waals surface area contributed by atoms with Gasteiger partial charge in [0.2, 0.25) is 0 Å². The first-order valence-electron chi connectivity index (χ1n) is 6.25. The quantitative estimate of drug-likeness (QED) is 0.684. The van der Waals surface area contributed by atoms with Gasteiger partial charge in [-0.05, 0) is 18.1 Å². The van der Waals surface area contributed by atoms with E-state index in [1.54, 1.807) is 0 Å². The van der Waals surface area contributed by atoms with Gasteiger partial charge >= 0.3 is 5.97 Å². The molecule has 7 nitrogen and oxygen atoms in total. The Bertz CT molecular complexity index is 696. The molecule has 0 aliphatic carbocycles. The van der Waals surface area contributed by atoms with Crippen molar-refractivity contribution in [3.05, 3.63) is 51.8 Å². The van der Waals surface area contributed by atoms with Crippen LogP contribution in [0, 0.1) is 10.1 Å². The van der Waals surface area contributed by atoms with Crippen molar-refractivity contribution in [3.8, 4) is 11.4 Å². The van der Waals surface area contributed by atoms with Gasteiger partial charge in [0.05, 0.1) is 16.2 Å². The Hall–Kier alpha value is -2.83. The Morgan fingerprint density at radius 1 is 1.29 bits per heavy atom. The maximum absolute atomic E-state index is 11.1. The Balaban J connectivity index is 2.47. The van der Waals surface area contributed by atoms with Crippen molar-refractivity contribution < 1.29 is 14.8 Å². The molecule has 0 spiro atoms. The minimum absolute atomic E-state index is 0.0232. The molecule has 0 fully saturated rings. The van der Waals surface area contributed by atoms with Gasteiger partial charge in [0.1, 0.15) is 0 Å². The number of carboxylic acid groups (broad SMARTS) is 1. The van der Waals surface area contributed by atoms with Crippen LogP contribution in [0.25, 0.3) is 11.4 Å². The molecule has 1 aromatic carbocycles. The second kappa shape index (κ2) is 5.66. The number of non-ortho nitro benzene ring substituents is 1. The van der Waals surface area contributed by atoms with E-state index in [4.69, 9.17) is 5.11 Å². The molecule has 7 heteroatoms. The molecule has 21 heavy (non-hydrogen) atoms. The lowest BCUT2D eigenvalue weighted by molar-refractivity contribution is -0.384. The average molecular weight is 287 g/mol. The van der Waals surface area contributed by atoms with Crippen molar-refractivity contribution in [1.82, 2.24) is 9.97 Å². The molecule has 0 unspecified atom stereocenters. The molecule has 2 rings (SSSR count). The number of carbonyl (C=O) groups is 1. The fraction of sp³-hybridized carbons (Fsp3) is 0.214. The topological polar surface area (TPSA) is 106 Å². The summed E-state index contributed by atoms with van der Waals surface area (Å²) in [6, 6.07) is 5.80. The third-order valence-corrected chi connectivity index (χ3v) is 2.93. The summed E-state index contributed by atoms with van der Waals surface area (Å²) >= 11 is 0. The molecule has 108 valence electrons. The lowest BCUT2D eigenvalue weighted by atomic mass is 10.0. The number of nitrogens with zero attached hydrogens (tertiary/aromatic N) is 3. The molecular formula is C14H13N3O4. The van der Waals surface area contributed by atoms with Gasteiger partial charge in [-0.15, -0.1) is 0 Å². The van der Waals surface area contributed by atoms with Gasteiger partial charge in [-0.3, -0.25) is 10.1 Å². The molecular weight excluding hydrogens is 274 g/mol. The second-order valence-electron chi connectivity index (χ2n) is 4.76. The van der Waals surface area contributed by atoms with Gasteiger partial charge in [0.25, 0.3) is 5.69 Å². The predicted octanol–water partition coefficient (Wildman–Crippen LogP) is 2.87. The highest BCUT2D eigenvalue weighted by molar-refractivity contribution is 5.88. The van der Waals surface area contributed by atoms with Gasteiger partial charge < -0.3 is 5.11 Å². The molecule has 1 aromatic heterocycles. The van der Waals surface area contributed by atoms with Crippen molar-refractivity contribution in [2.24, 2.45) is 0 Å². The molecule has 0 bridgehead atoms. The van der Waals surface area contributed by atoms with Gasteiger partial charge in [-0.25, -0.2) is 14.8 Å². The fourth-order valence-electron chi connectivity index (χ4n) is 1.87. The summed E-state index contributed by atoms with van der Waals surface area (Å²) in [4.78, 5) is 29.6. The zero-order valence-corrected chi connectivity index (χ0v) is 11.5. The number of benzene rings is 1. The summed E-state index contributed by atoms with van der Waals surface area (Å²) in [5, 5.41) is 19.7. The first-order chi connectivity index (χ1) is 9.90. The van der Waals surface area contributed by atoms with E-state index < -0.39 is 10.9 Å². The summed E-state index contributed by atoms with van der Waals surface area (Å²) in [5.74, 6) is -0.802. The summed E-state index contributed by atoms with van der Waals surface area (Å²) in [7, 11) is 0. The SMILES string of the molecule is CC(C)c1nc(-c2ccc([N+](=O)[O-])cc2)ncc1C(=O)O. The van der Waals surface area contributed by atoms with Crippen LogP contribution in [-0.2, 0) is 0 Å². The van der Waals surface area contributed by atoms with Crippen molar-refractivity contribution in [2.75, 3.05) is 0 Å². The largest absolute Gasteiger partial charge is 0.478 e. The van der Waals surface area contributed by atoms with Gasteiger partial charge in [-0.1, -0.05) is 13.8 Å². The molecule has 0 saturated heterocycles. The van der Waals surface area contributed by atoms with E-state index in [-0.39, 0.29) is 17.2 Å². The summed E-state index contributed by atoms with van der Waals surface area (Å²) in [5.41, 5.74) is 1.07. The fourth-order valence-corrected chi connectivity index (χ4v) is 1.87. The Labute approximate surface area is 120 Å². The highest BCUT2D eigenvalue weighted by atomic mass is 16.6. The van der Waals surface area contributed by atoms with Crippen LogP contribution in [0.4, 0.5) is 5.69 Å². The highest BCUT2D eigenvalue weighted by Gasteiger charge is 2.17. The molecule has 0 atom stereocenters. The van der Waals surface area contributed by atoms with Crippen molar-refractivity contribution in [3.63, 3.8) is 0 Å². The minimum atomic E-state index is -1.08. The number of nitro benzene ring substituents is 1. The van der Waals surface area contributed by atoms with Gasteiger partial charge in [-0.2, -0.15) is 0 Å². The Morgan fingerprint density at radius 3 is 2.38 bits per heavy atom. The van der Waals surface area contributed by atoms with E-state index in [0.29, 0.717) is 17.1 Å². The number of aromatic carboxylic acids is 1. The third kappa shape index (κ3) is 3.02. The minimum Gasteiger partial charge on any atom is -0.478 e. The number of aromatic nitrogens is 2. The lowest BCUT2D eigenvalue weighted by Crippen LogP contribution is -2.08. The number of rotatable bonds is 4. The summed E-state index contributed by atoms with van der Waals surface area (Å²) in [6.45, 7) is 3.68. The number of carboxylic acids is 1. The number of hydrogen-bond acceptors (Lipinski definition) is 5. The zero-order chi connectivity index (χ0) is 15.6. The highest BCUT2D eigenvalue weighted by Crippen LogP contribution is 2.23. The van der Waals surface area contributed by atoms with Crippen LogP contribution in [0.15, 0.2) is 30.5 Å². The smallest absolute Gasteiger partial charge is 0.339 e. The van der Waals surface area contributed by atoms with Crippen LogP contribution >= 0.6 is 0 Å². The zero-order valence-electron chi connectivity index (χ0n) is 11.5. The van der Waals surface area contributed by atoms with Crippen LogP contribution in [0.5, 0.6) is 0 Å². The van der Waals surface area contributed by atoms with Crippen molar-refractivity contribution >= 4 is 11.7 Å². The molecule has 0 amide bonds. The first kappa shape index (κ1) is 14.6. The summed E-state index contributed by atoms with van der Waals surface area (Å²) < 4.78 is 0. The second-order valence-corrected chi connectivity index (χ2v) is 4.76. The maximum atomic E-state index is 11.1. The number of hydrogen-bond donors (Lipinski definition) is 1. The van der Waals surface area contributed by atoms with Crippen LogP contribution < -0.4 is 0 Å². The first-order valence-corrected chi connectivity index (χ1v) is 6.25. The lowest BCUT2D eigenvalue weighted by Gasteiger charge is -2.10. The molecule has 0 aliphatic heterocycles. The molecule has 1 N–H and O–H groups in total. The van der Waals surface area contributed by atoms with Gasteiger partial charge in [0, 0.05) is 23.9 Å². The van der Waals surface area contributed by atoms with Crippen LogP contribution in [0.1, 0.15) is 35.8 Å². The average Bonchev–Trinajstić information content (AvgIpc) is 2.46. The van der Waals surface area contributed by atoms with Crippen molar-refractivity contribution in [2.45, 2.75) is 19.8 Å². The van der Waals surface area contributed by atoms with Crippen LogP contribution in [0.3, 0.4) is 0 Å². The van der Waals surface area contributed by atoms with Gasteiger partial charge in [0.15, 0.2) is 5.82 Å². The number of nitro groups is 1. The standard InChI is InChI=1S/C14H13N3O4/c1-8(2)12-11(14(18)19)7-15-13(16-12)9-3-5-10(6-4-9)17(20)21/h3-8H,1-2H3,(H,18,19). The normalized spacial score (nSPS) is 10.6. The molecule has 0 aliphatic rings. The van der Waals surface area contributed by atoms with Crippen LogP contribution in [0.2, 0.25) is 0 Å². The van der Waals surface area contributed by atoms with E-state index in [0.717, 1.165) is 0 Å². The van der Waals surface area contributed by atoms with E-state index in [1.165, 1.54) is 30.5 Å². The van der Waals surface area contributed by atoms with E-state index in [1.807, 2.05) is 13.8 Å². The van der Waals surface area contributed by atoms with E-state index in [2.05, 4.69) is 9.97 Å². The molecule has 0 saturated carbocycles. The third-order valence-electron chi connectivity index (χ3n) is 2.93. The molecule has 2 aromatic rings. The molecule has 1 heterocycles. The van der Waals surface area contributed by atoms with Crippen molar-refractivity contribution in [1.29, 1.82) is 0 Å². The van der Waals surface area contributed by atoms with E-state index in [9.17, 15) is 14.9 Å². The Kier molecular flexibility index (Phi) is 3.93. The monoisotopic (exact) mass is 287 g/mol. The Morgan fingerprint density at radius 2 is 1.90 bits per heavy atom. The molecule has 0 radical (unpaired) electrons. The maximum Gasteiger partial charge on any atom is 0.339 e. The summed E-state index contributed by atoms with van der Waals surface area (Å²) in [6.07, 6.45) is 1.27. The van der Waals surface area contributed by atoms with E-state index >= 15 is 0 Å². The predicted molar refractivity (Wildman–Crippen MR) is 75.2 cm³/mol.